The molecule has 0 saturated heterocycles. The number of rotatable bonds is 4. The van der Waals surface area contributed by atoms with E-state index < -0.39 is 5.91 Å². The summed E-state index contributed by atoms with van der Waals surface area (Å²) in [7, 11) is 0. The Bertz CT molecular complexity index is 1070. The summed E-state index contributed by atoms with van der Waals surface area (Å²) in [5.41, 5.74) is 1.43. The number of nitrogens with zero attached hydrogens (tertiary/aromatic N) is 2. The van der Waals surface area contributed by atoms with E-state index in [0.29, 0.717) is 38.0 Å². The number of furan rings is 1. The van der Waals surface area contributed by atoms with E-state index in [-0.39, 0.29) is 5.69 Å². The highest BCUT2D eigenvalue weighted by molar-refractivity contribution is 7.14. The van der Waals surface area contributed by atoms with Crippen LogP contribution in [0, 0.1) is 0 Å². The molecular formula is C17H9Cl2N3O3S. The molecule has 0 bridgehead atoms. The van der Waals surface area contributed by atoms with Crippen molar-refractivity contribution in [1.29, 1.82) is 0 Å². The monoisotopic (exact) mass is 405 g/mol. The van der Waals surface area contributed by atoms with Crippen LogP contribution in [-0.4, -0.2) is 16.0 Å². The van der Waals surface area contributed by atoms with Gasteiger partial charge >= 0.3 is 0 Å². The van der Waals surface area contributed by atoms with Crippen molar-refractivity contribution in [2.75, 3.05) is 5.32 Å². The van der Waals surface area contributed by atoms with Gasteiger partial charge in [-0.3, -0.25) is 10.1 Å². The summed E-state index contributed by atoms with van der Waals surface area (Å²) >= 11 is 13.4. The fourth-order valence-electron chi connectivity index (χ4n) is 2.23. The molecule has 0 aliphatic carbocycles. The number of halogens is 2. The Labute approximate surface area is 161 Å². The summed E-state index contributed by atoms with van der Waals surface area (Å²) in [6, 6.07) is 10.0. The Hall–Kier alpha value is -2.61. The lowest BCUT2D eigenvalue weighted by molar-refractivity contribution is 0.101. The van der Waals surface area contributed by atoms with Gasteiger partial charge < -0.3 is 8.94 Å². The van der Waals surface area contributed by atoms with E-state index >= 15 is 0 Å². The first kappa shape index (κ1) is 16.8. The molecule has 130 valence electrons. The van der Waals surface area contributed by atoms with Gasteiger partial charge in [-0.15, -0.1) is 11.3 Å². The number of thiazole rings is 1. The first-order valence-electron chi connectivity index (χ1n) is 7.33. The molecular weight excluding hydrogens is 397 g/mol. The number of nitrogens with one attached hydrogen (secondary N) is 1. The van der Waals surface area contributed by atoms with Crippen molar-refractivity contribution in [3.63, 3.8) is 0 Å². The molecule has 4 rings (SSSR count). The highest BCUT2D eigenvalue weighted by Crippen LogP contribution is 2.32. The molecule has 26 heavy (non-hydrogen) atoms. The third kappa shape index (κ3) is 3.37. The lowest BCUT2D eigenvalue weighted by atomic mass is 10.2. The van der Waals surface area contributed by atoms with Crippen molar-refractivity contribution < 1.29 is 13.7 Å². The van der Waals surface area contributed by atoms with Gasteiger partial charge in [0, 0.05) is 22.0 Å². The van der Waals surface area contributed by atoms with Crippen LogP contribution in [0.3, 0.4) is 0 Å². The van der Waals surface area contributed by atoms with E-state index in [2.05, 4.69) is 15.5 Å². The Morgan fingerprint density at radius 3 is 2.85 bits per heavy atom. The van der Waals surface area contributed by atoms with Crippen LogP contribution in [0.15, 0.2) is 57.0 Å². The molecule has 0 aliphatic heterocycles. The van der Waals surface area contributed by atoms with E-state index in [1.54, 1.807) is 35.7 Å². The third-order valence-corrected chi connectivity index (χ3v) is 4.76. The maximum Gasteiger partial charge on any atom is 0.279 e. The van der Waals surface area contributed by atoms with Crippen LogP contribution >= 0.6 is 34.5 Å². The quantitative estimate of drug-likeness (QED) is 0.476. The zero-order valence-corrected chi connectivity index (χ0v) is 15.2. The van der Waals surface area contributed by atoms with Gasteiger partial charge in [0.1, 0.15) is 0 Å². The standard InChI is InChI=1S/C17H9Cl2N3O3S/c18-9-3-4-11(19)10(6-9)13-8-26-17(20-13)21-16(23)12-7-15(25-22-12)14-2-1-5-24-14/h1-8H,(H,20,21,23). The number of hydrogen-bond donors (Lipinski definition) is 1. The molecule has 6 nitrogen and oxygen atoms in total. The molecule has 0 aliphatic rings. The summed E-state index contributed by atoms with van der Waals surface area (Å²) in [6.45, 7) is 0. The molecule has 9 heteroatoms. The van der Waals surface area contributed by atoms with Crippen molar-refractivity contribution >= 4 is 45.6 Å². The molecule has 0 fully saturated rings. The number of carbonyl (C=O) groups excluding carboxylic acids is 1. The first-order chi connectivity index (χ1) is 12.6. The zero-order chi connectivity index (χ0) is 18.1. The van der Waals surface area contributed by atoms with Gasteiger partial charge in [-0.2, -0.15) is 0 Å². The second-order valence-corrected chi connectivity index (χ2v) is 6.87. The average Bonchev–Trinajstić information content (AvgIpc) is 3.37. The highest BCUT2D eigenvalue weighted by atomic mass is 35.5. The topological polar surface area (TPSA) is 81.2 Å². The predicted molar refractivity (Wildman–Crippen MR) is 99.7 cm³/mol. The number of hydrogen-bond acceptors (Lipinski definition) is 6. The number of carbonyl (C=O) groups is 1. The highest BCUT2D eigenvalue weighted by Gasteiger charge is 2.17. The minimum atomic E-state index is -0.440. The molecule has 0 saturated carbocycles. The summed E-state index contributed by atoms with van der Waals surface area (Å²) in [6.07, 6.45) is 1.51. The fraction of sp³-hybridized carbons (Fsp3) is 0. The first-order valence-corrected chi connectivity index (χ1v) is 8.96. The Balaban J connectivity index is 1.52. The molecule has 0 radical (unpaired) electrons. The van der Waals surface area contributed by atoms with E-state index in [1.807, 2.05) is 0 Å². The molecule has 3 aromatic heterocycles. The molecule has 3 heterocycles. The van der Waals surface area contributed by atoms with Crippen molar-refractivity contribution in [2.24, 2.45) is 0 Å². The molecule has 1 aromatic carbocycles. The van der Waals surface area contributed by atoms with Gasteiger partial charge in [0.15, 0.2) is 16.6 Å². The number of amides is 1. The van der Waals surface area contributed by atoms with Crippen LogP contribution < -0.4 is 5.32 Å². The van der Waals surface area contributed by atoms with Gasteiger partial charge in [-0.05, 0) is 30.3 Å². The lowest BCUT2D eigenvalue weighted by Crippen LogP contribution is -2.11. The predicted octanol–water partition coefficient (Wildman–Crippen LogP) is 5.62. The van der Waals surface area contributed by atoms with Crippen molar-refractivity contribution in [3.05, 3.63) is 63.8 Å². The molecule has 4 aromatic rings. The van der Waals surface area contributed by atoms with E-state index in [1.165, 1.54) is 23.7 Å². The van der Waals surface area contributed by atoms with Crippen LogP contribution in [0.1, 0.15) is 10.5 Å². The van der Waals surface area contributed by atoms with Gasteiger partial charge in [0.2, 0.25) is 5.76 Å². The normalized spacial score (nSPS) is 10.8. The van der Waals surface area contributed by atoms with E-state index in [9.17, 15) is 4.79 Å². The number of anilines is 1. The Kier molecular flexibility index (Phi) is 4.50. The second kappa shape index (κ2) is 6.95. The Morgan fingerprint density at radius 1 is 1.15 bits per heavy atom. The largest absolute Gasteiger partial charge is 0.461 e. The molecule has 0 spiro atoms. The minimum Gasteiger partial charge on any atom is -0.461 e. The van der Waals surface area contributed by atoms with Crippen LogP contribution in [-0.2, 0) is 0 Å². The van der Waals surface area contributed by atoms with Crippen LogP contribution in [0.4, 0.5) is 5.13 Å². The molecule has 1 N–H and O–H groups in total. The van der Waals surface area contributed by atoms with Crippen LogP contribution in [0.5, 0.6) is 0 Å². The van der Waals surface area contributed by atoms with Crippen molar-refractivity contribution in [2.45, 2.75) is 0 Å². The van der Waals surface area contributed by atoms with Gasteiger partial charge in [-0.1, -0.05) is 28.4 Å². The second-order valence-electron chi connectivity index (χ2n) is 5.17. The minimum absolute atomic E-state index is 0.119. The maximum atomic E-state index is 12.3. The van der Waals surface area contributed by atoms with Gasteiger partial charge in [0.25, 0.3) is 5.91 Å². The average molecular weight is 406 g/mol. The van der Waals surface area contributed by atoms with Gasteiger partial charge in [0.05, 0.1) is 17.0 Å². The summed E-state index contributed by atoms with van der Waals surface area (Å²) in [5.74, 6) is 0.416. The fourth-order valence-corrected chi connectivity index (χ4v) is 3.32. The van der Waals surface area contributed by atoms with Gasteiger partial charge in [-0.25, -0.2) is 4.98 Å². The lowest BCUT2D eigenvalue weighted by Gasteiger charge is -2.01. The number of aromatic nitrogens is 2. The SMILES string of the molecule is O=C(Nc1nc(-c2cc(Cl)ccc2Cl)cs1)c1cc(-c2ccco2)on1. The van der Waals surface area contributed by atoms with Crippen molar-refractivity contribution in [3.8, 4) is 22.8 Å². The van der Waals surface area contributed by atoms with Crippen molar-refractivity contribution in [1.82, 2.24) is 10.1 Å². The zero-order valence-electron chi connectivity index (χ0n) is 12.9. The molecule has 0 atom stereocenters. The number of benzene rings is 1. The van der Waals surface area contributed by atoms with E-state index in [4.69, 9.17) is 32.1 Å². The third-order valence-electron chi connectivity index (χ3n) is 3.44. The van der Waals surface area contributed by atoms with E-state index in [0.717, 1.165) is 0 Å². The summed E-state index contributed by atoms with van der Waals surface area (Å²) in [4.78, 5) is 16.7. The van der Waals surface area contributed by atoms with Crippen LogP contribution in [0.2, 0.25) is 10.0 Å². The maximum absolute atomic E-state index is 12.3. The molecule has 1 amide bonds. The molecule has 0 unspecified atom stereocenters. The Morgan fingerprint density at radius 2 is 2.04 bits per heavy atom. The summed E-state index contributed by atoms with van der Waals surface area (Å²) in [5, 5.41) is 9.70. The van der Waals surface area contributed by atoms with Crippen LogP contribution in [0.25, 0.3) is 22.8 Å². The summed E-state index contributed by atoms with van der Waals surface area (Å²) < 4.78 is 10.3. The smallest absolute Gasteiger partial charge is 0.279 e.